The molecule has 118 valence electrons. The van der Waals surface area contributed by atoms with E-state index >= 15 is 0 Å². The van der Waals surface area contributed by atoms with E-state index in [4.69, 9.17) is 4.74 Å². The molecule has 0 saturated heterocycles. The first-order valence-corrected chi connectivity index (χ1v) is 7.93. The molecular formula is C14H23N3O3S. The van der Waals surface area contributed by atoms with Gasteiger partial charge in [0, 0.05) is 24.9 Å². The summed E-state index contributed by atoms with van der Waals surface area (Å²) in [5, 5.41) is 8.36. The third kappa shape index (κ3) is 5.00. The van der Waals surface area contributed by atoms with E-state index in [1.165, 1.54) is 11.3 Å². The molecule has 0 aliphatic rings. The van der Waals surface area contributed by atoms with Crippen LogP contribution in [0.5, 0.6) is 0 Å². The summed E-state index contributed by atoms with van der Waals surface area (Å²) in [6.45, 7) is 8.74. The van der Waals surface area contributed by atoms with Gasteiger partial charge in [-0.1, -0.05) is 0 Å². The zero-order valence-electron chi connectivity index (χ0n) is 13.0. The lowest BCUT2D eigenvalue weighted by Gasteiger charge is -2.19. The second-order valence-corrected chi connectivity index (χ2v) is 5.87. The summed E-state index contributed by atoms with van der Waals surface area (Å²) >= 11 is 1.42. The average molecular weight is 313 g/mol. The topological polar surface area (TPSA) is 80.3 Å². The standard InChI is InChI=1S/C14H23N3O3S/c1-5-15-11(18)7-8-16-13-17-10(9-21-13)14(3,4)12(19)20-6-2/h9H,5-8H2,1-4H3,(H,15,18)(H,16,17). The molecule has 0 spiro atoms. The molecule has 1 aromatic heterocycles. The van der Waals surface area contributed by atoms with Crippen molar-refractivity contribution in [2.24, 2.45) is 0 Å². The number of hydrogen-bond acceptors (Lipinski definition) is 6. The van der Waals surface area contributed by atoms with Crippen LogP contribution < -0.4 is 10.6 Å². The van der Waals surface area contributed by atoms with Crippen molar-refractivity contribution >= 4 is 28.3 Å². The number of rotatable bonds is 8. The van der Waals surface area contributed by atoms with Gasteiger partial charge in [-0.25, -0.2) is 4.98 Å². The number of amides is 1. The maximum absolute atomic E-state index is 11.9. The van der Waals surface area contributed by atoms with Gasteiger partial charge in [-0.15, -0.1) is 11.3 Å². The number of hydrogen-bond donors (Lipinski definition) is 2. The first-order chi connectivity index (χ1) is 9.91. The summed E-state index contributed by atoms with van der Waals surface area (Å²) < 4.78 is 5.06. The summed E-state index contributed by atoms with van der Waals surface area (Å²) in [5.74, 6) is -0.280. The molecule has 0 radical (unpaired) electrons. The average Bonchev–Trinajstić information content (AvgIpc) is 2.89. The van der Waals surface area contributed by atoms with Crippen LogP contribution in [0.2, 0.25) is 0 Å². The second kappa shape index (κ2) is 7.97. The van der Waals surface area contributed by atoms with Crippen LogP contribution in [0.25, 0.3) is 0 Å². The Kier molecular flexibility index (Phi) is 6.61. The van der Waals surface area contributed by atoms with E-state index in [1.54, 1.807) is 20.8 Å². The molecule has 1 heterocycles. The van der Waals surface area contributed by atoms with Crippen LogP contribution in [-0.4, -0.2) is 36.6 Å². The normalized spacial score (nSPS) is 11.0. The molecule has 0 unspecified atom stereocenters. The minimum atomic E-state index is -0.772. The lowest BCUT2D eigenvalue weighted by atomic mass is 9.90. The van der Waals surface area contributed by atoms with Gasteiger partial charge in [0.2, 0.25) is 5.91 Å². The van der Waals surface area contributed by atoms with Crippen LogP contribution in [0.4, 0.5) is 5.13 Å². The first kappa shape index (κ1) is 17.4. The van der Waals surface area contributed by atoms with Gasteiger partial charge in [0.05, 0.1) is 12.3 Å². The van der Waals surface area contributed by atoms with E-state index in [9.17, 15) is 9.59 Å². The minimum absolute atomic E-state index is 0.00799. The molecule has 1 amide bonds. The van der Waals surface area contributed by atoms with Gasteiger partial charge in [0.25, 0.3) is 0 Å². The number of nitrogens with one attached hydrogen (secondary N) is 2. The number of carbonyl (C=O) groups is 2. The van der Waals surface area contributed by atoms with Gasteiger partial charge in [-0.05, 0) is 27.7 Å². The van der Waals surface area contributed by atoms with Crippen molar-refractivity contribution in [3.8, 4) is 0 Å². The highest BCUT2D eigenvalue weighted by Gasteiger charge is 2.33. The van der Waals surface area contributed by atoms with Crippen molar-refractivity contribution in [1.29, 1.82) is 0 Å². The molecule has 2 N–H and O–H groups in total. The van der Waals surface area contributed by atoms with Crippen LogP contribution in [0.3, 0.4) is 0 Å². The molecule has 1 aromatic rings. The van der Waals surface area contributed by atoms with E-state index in [0.29, 0.717) is 36.9 Å². The van der Waals surface area contributed by atoms with Crippen molar-refractivity contribution < 1.29 is 14.3 Å². The molecule has 0 aliphatic heterocycles. The summed E-state index contributed by atoms with van der Waals surface area (Å²) in [7, 11) is 0. The van der Waals surface area contributed by atoms with Crippen LogP contribution in [0.15, 0.2) is 5.38 Å². The molecule has 0 aliphatic carbocycles. The Morgan fingerprint density at radius 2 is 2.10 bits per heavy atom. The highest BCUT2D eigenvalue weighted by molar-refractivity contribution is 7.13. The molecule has 0 bridgehead atoms. The van der Waals surface area contributed by atoms with Gasteiger partial charge in [0.15, 0.2) is 5.13 Å². The molecular weight excluding hydrogens is 290 g/mol. The summed E-state index contributed by atoms with van der Waals surface area (Å²) in [6.07, 6.45) is 0.393. The molecule has 6 nitrogen and oxygen atoms in total. The monoisotopic (exact) mass is 313 g/mol. The van der Waals surface area contributed by atoms with E-state index in [1.807, 2.05) is 12.3 Å². The SMILES string of the molecule is CCNC(=O)CCNc1nc(C(C)(C)C(=O)OCC)cs1. The number of ether oxygens (including phenoxy) is 1. The Labute approximate surface area is 129 Å². The third-order valence-electron chi connectivity index (χ3n) is 2.93. The van der Waals surface area contributed by atoms with Crippen molar-refractivity contribution in [2.75, 3.05) is 25.0 Å². The highest BCUT2D eigenvalue weighted by Crippen LogP contribution is 2.28. The lowest BCUT2D eigenvalue weighted by Crippen LogP contribution is -2.31. The smallest absolute Gasteiger partial charge is 0.317 e. The number of anilines is 1. The Morgan fingerprint density at radius 1 is 1.38 bits per heavy atom. The predicted molar refractivity (Wildman–Crippen MR) is 83.6 cm³/mol. The maximum Gasteiger partial charge on any atom is 0.317 e. The Balaban J connectivity index is 2.56. The fourth-order valence-corrected chi connectivity index (χ4v) is 2.53. The largest absolute Gasteiger partial charge is 0.465 e. The third-order valence-corrected chi connectivity index (χ3v) is 3.73. The van der Waals surface area contributed by atoms with Crippen molar-refractivity contribution in [3.63, 3.8) is 0 Å². The summed E-state index contributed by atoms with van der Waals surface area (Å²) in [4.78, 5) is 27.7. The molecule has 0 aromatic carbocycles. The van der Waals surface area contributed by atoms with E-state index in [2.05, 4.69) is 15.6 Å². The number of thiazole rings is 1. The van der Waals surface area contributed by atoms with Gasteiger partial charge in [-0.2, -0.15) is 0 Å². The number of aromatic nitrogens is 1. The number of nitrogens with zero attached hydrogens (tertiary/aromatic N) is 1. The zero-order valence-corrected chi connectivity index (χ0v) is 13.8. The summed E-state index contributed by atoms with van der Waals surface area (Å²) in [5.41, 5.74) is -0.0992. The fraction of sp³-hybridized carbons (Fsp3) is 0.643. The molecule has 1 rings (SSSR count). The number of esters is 1. The Bertz CT molecular complexity index is 486. The van der Waals surface area contributed by atoms with Crippen LogP contribution in [-0.2, 0) is 19.7 Å². The summed E-state index contributed by atoms with van der Waals surface area (Å²) in [6, 6.07) is 0. The van der Waals surface area contributed by atoms with Crippen molar-refractivity contribution in [1.82, 2.24) is 10.3 Å². The molecule has 7 heteroatoms. The number of carbonyl (C=O) groups excluding carboxylic acids is 2. The minimum Gasteiger partial charge on any atom is -0.465 e. The molecule has 0 atom stereocenters. The predicted octanol–water partition coefficient (Wildman–Crippen LogP) is 1.92. The van der Waals surface area contributed by atoms with E-state index in [0.717, 1.165) is 0 Å². The molecule has 0 saturated carbocycles. The van der Waals surface area contributed by atoms with Crippen molar-refractivity contribution in [3.05, 3.63) is 11.1 Å². The van der Waals surface area contributed by atoms with Crippen LogP contribution >= 0.6 is 11.3 Å². The first-order valence-electron chi connectivity index (χ1n) is 7.05. The molecule has 0 fully saturated rings. The zero-order chi connectivity index (χ0) is 15.9. The van der Waals surface area contributed by atoms with Crippen LogP contribution in [0, 0.1) is 0 Å². The second-order valence-electron chi connectivity index (χ2n) is 5.01. The quantitative estimate of drug-likeness (QED) is 0.717. The van der Waals surface area contributed by atoms with Gasteiger partial charge in [0.1, 0.15) is 5.41 Å². The van der Waals surface area contributed by atoms with Gasteiger partial charge in [-0.3, -0.25) is 9.59 Å². The lowest BCUT2D eigenvalue weighted by molar-refractivity contribution is -0.148. The fourth-order valence-electron chi connectivity index (χ4n) is 1.63. The van der Waals surface area contributed by atoms with Crippen LogP contribution in [0.1, 0.15) is 39.8 Å². The Hall–Kier alpha value is -1.63. The maximum atomic E-state index is 11.9. The van der Waals surface area contributed by atoms with E-state index < -0.39 is 5.41 Å². The van der Waals surface area contributed by atoms with Gasteiger partial charge < -0.3 is 15.4 Å². The Morgan fingerprint density at radius 3 is 2.71 bits per heavy atom. The molecule has 21 heavy (non-hydrogen) atoms. The van der Waals surface area contributed by atoms with E-state index in [-0.39, 0.29) is 11.9 Å². The van der Waals surface area contributed by atoms with Crippen molar-refractivity contribution in [2.45, 2.75) is 39.5 Å². The van der Waals surface area contributed by atoms with Gasteiger partial charge >= 0.3 is 5.97 Å². The highest BCUT2D eigenvalue weighted by atomic mass is 32.1.